The molecule has 0 saturated carbocycles. The molecule has 32 heavy (non-hydrogen) atoms. The minimum atomic E-state index is -4.54. The fraction of sp³-hybridized carbons (Fsp3) is 0.273. The van der Waals surface area contributed by atoms with Gasteiger partial charge in [0.25, 0.3) is 5.91 Å². The highest BCUT2D eigenvalue weighted by Gasteiger charge is 2.31. The fourth-order valence-corrected chi connectivity index (χ4v) is 3.76. The number of carbonyl (C=O) groups is 1. The van der Waals surface area contributed by atoms with Crippen LogP contribution in [0.1, 0.15) is 33.8 Å². The van der Waals surface area contributed by atoms with Crippen molar-refractivity contribution in [2.24, 2.45) is 0 Å². The maximum atomic E-state index is 12.9. The van der Waals surface area contributed by atoms with Gasteiger partial charge in [-0.3, -0.25) is 9.78 Å². The van der Waals surface area contributed by atoms with Gasteiger partial charge >= 0.3 is 6.18 Å². The Morgan fingerprint density at radius 3 is 2.62 bits per heavy atom. The highest BCUT2D eigenvalue weighted by molar-refractivity contribution is 6.04. The third kappa shape index (κ3) is 4.63. The van der Waals surface area contributed by atoms with Gasteiger partial charge in [-0.2, -0.15) is 13.2 Å². The smallest absolute Gasteiger partial charge is 0.417 e. The molecular weight excluding hydrogens is 423 g/mol. The van der Waals surface area contributed by atoms with Crippen molar-refractivity contribution in [2.75, 3.05) is 30.4 Å². The number of methoxy groups -OCH3 is 1. The molecule has 1 atom stereocenters. The van der Waals surface area contributed by atoms with Crippen LogP contribution in [0.2, 0.25) is 0 Å². The molecule has 0 bridgehead atoms. The Morgan fingerprint density at radius 2 is 1.91 bits per heavy atom. The largest absolute Gasteiger partial charge is 0.496 e. The zero-order valence-electron chi connectivity index (χ0n) is 17.1. The number of amides is 1. The average Bonchev–Trinajstić information content (AvgIpc) is 3.29. The molecule has 3 aromatic rings. The highest BCUT2D eigenvalue weighted by atomic mass is 19.4. The van der Waals surface area contributed by atoms with Crippen molar-refractivity contribution in [2.45, 2.75) is 18.5 Å². The van der Waals surface area contributed by atoms with Gasteiger partial charge in [-0.05, 0) is 30.2 Å². The second-order valence-electron chi connectivity index (χ2n) is 7.40. The lowest BCUT2D eigenvalue weighted by Crippen LogP contribution is -2.19. The minimum absolute atomic E-state index is 0.0376. The normalized spacial score (nSPS) is 16.1. The Kier molecular flexibility index (Phi) is 5.93. The number of rotatable bonds is 5. The fourth-order valence-electron chi connectivity index (χ4n) is 3.76. The van der Waals surface area contributed by atoms with E-state index in [1.807, 2.05) is 6.07 Å². The Labute approximate surface area is 182 Å². The molecule has 0 aliphatic carbocycles. The van der Waals surface area contributed by atoms with Gasteiger partial charge in [-0.15, -0.1) is 0 Å². The van der Waals surface area contributed by atoms with Crippen molar-refractivity contribution in [1.29, 1.82) is 0 Å². The van der Waals surface area contributed by atoms with Crippen LogP contribution in [0.4, 0.5) is 24.5 Å². The number of alkyl halides is 3. The lowest BCUT2D eigenvalue weighted by Gasteiger charge is -2.19. The molecule has 4 rings (SSSR count). The van der Waals surface area contributed by atoms with E-state index in [0.29, 0.717) is 11.9 Å². The van der Waals surface area contributed by atoms with E-state index in [4.69, 9.17) is 4.74 Å². The molecule has 3 heterocycles. The summed E-state index contributed by atoms with van der Waals surface area (Å²) in [6.45, 7) is 1.59. The lowest BCUT2D eigenvalue weighted by atomic mass is 9.96. The summed E-state index contributed by atoms with van der Waals surface area (Å²) < 4.78 is 44.1. The molecule has 1 N–H and O–H groups in total. The first-order valence-corrected chi connectivity index (χ1v) is 9.86. The summed E-state index contributed by atoms with van der Waals surface area (Å²) in [5.41, 5.74) is 1.21. The van der Waals surface area contributed by atoms with Crippen LogP contribution in [0.25, 0.3) is 0 Å². The van der Waals surface area contributed by atoms with Crippen LogP contribution in [0.15, 0.2) is 55.4 Å². The monoisotopic (exact) mass is 443 g/mol. The van der Waals surface area contributed by atoms with Crippen molar-refractivity contribution in [3.8, 4) is 5.75 Å². The summed E-state index contributed by atoms with van der Waals surface area (Å²) in [6, 6.07) is 5.91. The number of ether oxygens (including phenoxy) is 1. The predicted octanol–water partition coefficient (Wildman–Crippen LogP) is 4.15. The van der Waals surface area contributed by atoms with E-state index in [1.54, 1.807) is 24.5 Å². The second kappa shape index (κ2) is 8.81. The van der Waals surface area contributed by atoms with Gasteiger partial charge in [-0.1, -0.05) is 6.07 Å². The number of aromatic nitrogens is 3. The molecule has 1 aromatic carbocycles. The molecule has 1 aliphatic rings. The lowest BCUT2D eigenvalue weighted by molar-refractivity contribution is -0.137. The van der Waals surface area contributed by atoms with Gasteiger partial charge in [0.2, 0.25) is 0 Å². The number of benzene rings is 1. The van der Waals surface area contributed by atoms with Crippen LogP contribution in [-0.4, -0.2) is 41.1 Å². The van der Waals surface area contributed by atoms with Crippen LogP contribution in [-0.2, 0) is 6.18 Å². The molecular formula is C22H20F3N5O2. The number of pyridine rings is 1. The number of anilines is 2. The van der Waals surface area contributed by atoms with Crippen molar-refractivity contribution < 1.29 is 22.7 Å². The molecule has 1 aliphatic heterocycles. The van der Waals surface area contributed by atoms with Crippen LogP contribution in [0.5, 0.6) is 5.75 Å². The van der Waals surface area contributed by atoms with Gasteiger partial charge in [-0.25, -0.2) is 9.97 Å². The van der Waals surface area contributed by atoms with Crippen LogP contribution >= 0.6 is 0 Å². The molecule has 1 saturated heterocycles. The number of carbonyl (C=O) groups excluding carboxylic acids is 1. The summed E-state index contributed by atoms with van der Waals surface area (Å²) in [5, 5.41) is 2.46. The first-order chi connectivity index (χ1) is 15.3. The number of hydrogen-bond acceptors (Lipinski definition) is 6. The van der Waals surface area contributed by atoms with E-state index >= 15 is 0 Å². The zero-order chi connectivity index (χ0) is 22.7. The summed E-state index contributed by atoms with van der Waals surface area (Å²) in [7, 11) is 1.52. The third-order valence-electron chi connectivity index (χ3n) is 5.36. The van der Waals surface area contributed by atoms with Crippen molar-refractivity contribution >= 4 is 17.3 Å². The van der Waals surface area contributed by atoms with Crippen LogP contribution in [0, 0.1) is 0 Å². The second-order valence-corrected chi connectivity index (χ2v) is 7.40. The number of hydrogen-bond donors (Lipinski definition) is 1. The molecule has 10 heteroatoms. The van der Waals surface area contributed by atoms with E-state index < -0.39 is 17.6 Å². The SMILES string of the molecule is COc1cc(C(=O)Nc2cncc(C(F)(F)F)c2)ccc1C1CCN(c2cncnc2)C1. The molecule has 7 nitrogen and oxygen atoms in total. The van der Waals surface area contributed by atoms with Crippen LogP contribution < -0.4 is 15.0 Å². The zero-order valence-corrected chi connectivity index (χ0v) is 17.1. The molecule has 166 valence electrons. The molecule has 1 unspecified atom stereocenters. The maximum absolute atomic E-state index is 12.9. The molecule has 1 amide bonds. The molecule has 0 spiro atoms. The first-order valence-electron chi connectivity index (χ1n) is 9.86. The topological polar surface area (TPSA) is 80.2 Å². The van der Waals surface area contributed by atoms with Gasteiger partial charge < -0.3 is 15.0 Å². The van der Waals surface area contributed by atoms with E-state index in [1.165, 1.54) is 19.6 Å². The highest BCUT2D eigenvalue weighted by Crippen LogP contribution is 2.36. The van der Waals surface area contributed by atoms with Gasteiger partial charge in [0.15, 0.2) is 0 Å². The molecule has 1 fully saturated rings. The Bertz CT molecular complexity index is 1110. The van der Waals surface area contributed by atoms with E-state index in [-0.39, 0.29) is 17.2 Å². The first kappa shape index (κ1) is 21.5. The summed E-state index contributed by atoms with van der Waals surface area (Å²) in [6.07, 6.45) is 3.25. The quantitative estimate of drug-likeness (QED) is 0.638. The maximum Gasteiger partial charge on any atom is 0.417 e. The van der Waals surface area contributed by atoms with Gasteiger partial charge in [0, 0.05) is 30.8 Å². The summed E-state index contributed by atoms with van der Waals surface area (Å²) in [5.74, 6) is 0.191. The summed E-state index contributed by atoms with van der Waals surface area (Å²) in [4.78, 5) is 26.5. The Balaban J connectivity index is 1.50. The standard InChI is InChI=1S/C22H20F3N5O2/c1-32-20-6-14(21(31)29-17-7-16(8-26-9-17)22(23,24)25)2-3-19(20)15-4-5-30(12-15)18-10-27-13-28-11-18/h2-3,6-11,13,15H,4-5,12H2,1H3,(H,29,31). The molecule has 0 radical (unpaired) electrons. The minimum Gasteiger partial charge on any atom is -0.496 e. The van der Waals surface area contributed by atoms with Gasteiger partial charge in [0.1, 0.15) is 12.1 Å². The molecule has 2 aromatic heterocycles. The van der Waals surface area contributed by atoms with Crippen molar-refractivity contribution in [3.63, 3.8) is 0 Å². The predicted molar refractivity (Wildman–Crippen MR) is 112 cm³/mol. The number of halogens is 3. The van der Waals surface area contributed by atoms with E-state index in [2.05, 4.69) is 25.2 Å². The third-order valence-corrected chi connectivity index (χ3v) is 5.36. The van der Waals surface area contributed by atoms with Crippen molar-refractivity contribution in [1.82, 2.24) is 15.0 Å². The van der Waals surface area contributed by atoms with Crippen molar-refractivity contribution in [3.05, 3.63) is 72.1 Å². The van der Waals surface area contributed by atoms with Gasteiger partial charge in [0.05, 0.1) is 42.6 Å². The van der Waals surface area contributed by atoms with Crippen LogP contribution in [0.3, 0.4) is 0 Å². The Hall–Kier alpha value is -3.69. The number of nitrogens with one attached hydrogen (secondary N) is 1. The summed E-state index contributed by atoms with van der Waals surface area (Å²) >= 11 is 0. The Morgan fingerprint density at radius 1 is 1.12 bits per heavy atom. The number of nitrogens with zero attached hydrogens (tertiary/aromatic N) is 4. The average molecular weight is 443 g/mol. The van der Waals surface area contributed by atoms with E-state index in [9.17, 15) is 18.0 Å². The van der Waals surface area contributed by atoms with E-state index in [0.717, 1.165) is 36.8 Å².